The molecule has 0 saturated heterocycles. The molecule has 0 atom stereocenters. The Balaban J connectivity index is 2.81. The average molecular weight is 162 g/mol. The average Bonchev–Trinajstić information content (AvgIpc) is 2.07. The molecular formula is C10H14N2. The lowest BCUT2D eigenvalue weighted by Gasteiger charge is -2.20. The van der Waals surface area contributed by atoms with Crippen molar-refractivity contribution in [3.05, 3.63) is 23.2 Å². The maximum absolute atomic E-state index is 4.35. The predicted octanol–water partition coefficient (Wildman–Crippen LogP) is 1.95. The van der Waals surface area contributed by atoms with E-state index >= 15 is 0 Å². The number of nitrogens with zero attached hydrogens (tertiary/aromatic N) is 2. The van der Waals surface area contributed by atoms with E-state index in [1.807, 2.05) is 13.0 Å². The highest BCUT2D eigenvalue weighted by atomic mass is 15.2. The topological polar surface area (TPSA) is 15.6 Å². The lowest BCUT2D eigenvalue weighted by molar-refractivity contribution is 0.467. The minimum absolute atomic E-state index is 0.902. The molecule has 0 unspecified atom stereocenters. The van der Waals surface area contributed by atoms with Gasteiger partial charge in [-0.3, -0.25) is 0 Å². The second kappa shape index (κ2) is 3.96. The zero-order valence-electron chi connectivity index (χ0n) is 7.89. The van der Waals surface area contributed by atoms with Crippen LogP contribution in [0.15, 0.2) is 28.2 Å². The Morgan fingerprint density at radius 1 is 1.42 bits per heavy atom. The molecule has 0 aliphatic carbocycles. The Hall–Kier alpha value is -1.23. The molecule has 1 aliphatic rings. The number of hydrogen-bond acceptors (Lipinski definition) is 2. The molecule has 0 aromatic carbocycles. The van der Waals surface area contributed by atoms with Gasteiger partial charge in [0.25, 0.3) is 0 Å². The van der Waals surface area contributed by atoms with Crippen molar-refractivity contribution in [3.63, 3.8) is 0 Å². The first-order chi connectivity index (χ1) is 5.77. The maximum Gasteiger partial charge on any atom is 0.138 e. The first-order valence-electron chi connectivity index (χ1n) is 4.29. The SMILES string of the molecule is CCN(CC)C1=NC(C)=C=C=C1. The molecule has 1 aliphatic heterocycles. The fourth-order valence-corrected chi connectivity index (χ4v) is 1.15. The smallest absolute Gasteiger partial charge is 0.138 e. The van der Waals surface area contributed by atoms with E-state index < -0.39 is 0 Å². The molecule has 0 bridgehead atoms. The summed E-state index contributed by atoms with van der Waals surface area (Å²) in [6.45, 7) is 8.15. The second-order valence-electron chi connectivity index (χ2n) is 2.64. The van der Waals surface area contributed by atoms with Crippen LogP contribution in [-0.2, 0) is 0 Å². The molecule has 12 heavy (non-hydrogen) atoms. The molecular weight excluding hydrogens is 148 g/mol. The van der Waals surface area contributed by atoms with Gasteiger partial charge in [0.15, 0.2) is 0 Å². The van der Waals surface area contributed by atoms with E-state index in [4.69, 9.17) is 0 Å². The summed E-state index contributed by atoms with van der Waals surface area (Å²) >= 11 is 0. The van der Waals surface area contributed by atoms with Crippen molar-refractivity contribution >= 4 is 5.84 Å². The molecule has 0 N–H and O–H groups in total. The first kappa shape index (κ1) is 8.86. The fourth-order valence-electron chi connectivity index (χ4n) is 1.15. The van der Waals surface area contributed by atoms with E-state index in [2.05, 4.69) is 35.2 Å². The van der Waals surface area contributed by atoms with Gasteiger partial charge in [0.1, 0.15) is 5.84 Å². The molecule has 2 nitrogen and oxygen atoms in total. The quantitative estimate of drug-likeness (QED) is 0.567. The predicted molar refractivity (Wildman–Crippen MR) is 51.1 cm³/mol. The summed E-state index contributed by atoms with van der Waals surface area (Å²) in [5.74, 6) is 0.997. The van der Waals surface area contributed by atoms with E-state index in [-0.39, 0.29) is 0 Å². The van der Waals surface area contributed by atoms with Crippen LogP contribution in [0.25, 0.3) is 0 Å². The Kier molecular flexibility index (Phi) is 2.93. The van der Waals surface area contributed by atoms with Crippen molar-refractivity contribution in [2.75, 3.05) is 13.1 Å². The Morgan fingerprint density at radius 2 is 2.08 bits per heavy atom. The molecule has 0 saturated carbocycles. The van der Waals surface area contributed by atoms with Gasteiger partial charge in [-0.2, -0.15) is 0 Å². The minimum atomic E-state index is 0.902. The molecule has 0 aromatic rings. The van der Waals surface area contributed by atoms with Crippen LogP contribution < -0.4 is 0 Å². The summed E-state index contributed by atoms with van der Waals surface area (Å²) in [5.41, 5.74) is 6.76. The van der Waals surface area contributed by atoms with Crippen LogP contribution in [0.2, 0.25) is 0 Å². The summed E-state index contributed by atoms with van der Waals surface area (Å²) in [7, 11) is 0. The zero-order chi connectivity index (χ0) is 8.97. The number of hydrogen-bond donors (Lipinski definition) is 0. The lowest BCUT2D eigenvalue weighted by atomic mass is 10.3. The standard InChI is InChI=1S/C10H14N2/c1-4-12(5-2)10-8-6-7-9(3)11-10/h8H,4-5H2,1-3H3. The van der Waals surface area contributed by atoms with Crippen molar-refractivity contribution in [3.8, 4) is 0 Å². The van der Waals surface area contributed by atoms with E-state index in [1.165, 1.54) is 0 Å². The number of rotatable bonds is 2. The second-order valence-corrected chi connectivity index (χ2v) is 2.64. The zero-order valence-corrected chi connectivity index (χ0v) is 7.89. The van der Waals surface area contributed by atoms with Crippen molar-refractivity contribution in [2.45, 2.75) is 20.8 Å². The van der Waals surface area contributed by atoms with E-state index in [1.54, 1.807) is 0 Å². The Morgan fingerprint density at radius 3 is 2.58 bits per heavy atom. The highest BCUT2D eigenvalue weighted by Crippen LogP contribution is 2.02. The monoisotopic (exact) mass is 162 g/mol. The van der Waals surface area contributed by atoms with Crippen LogP contribution in [0.1, 0.15) is 20.8 Å². The van der Waals surface area contributed by atoms with Gasteiger partial charge in [-0.1, -0.05) is 5.73 Å². The number of amidine groups is 1. The van der Waals surface area contributed by atoms with Crippen LogP contribution in [0.3, 0.4) is 0 Å². The summed E-state index contributed by atoms with van der Waals surface area (Å²) in [6.07, 6.45) is 1.88. The third-order valence-electron chi connectivity index (χ3n) is 1.82. The highest BCUT2D eigenvalue weighted by Gasteiger charge is 2.04. The largest absolute Gasteiger partial charge is 0.357 e. The van der Waals surface area contributed by atoms with Gasteiger partial charge in [-0.25, -0.2) is 4.99 Å². The summed E-state index contributed by atoms with van der Waals surface area (Å²) < 4.78 is 0. The maximum atomic E-state index is 4.35. The van der Waals surface area contributed by atoms with E-state index in [0.29, 0.717) is 0 Å². The van der Waals surface area contributed by atoms with E-state index in [9.17, 15) is 0 Å². The van der Waals surface area contributed by atoms with Crippen LogP contribution >= 0.6 is 0 Å². The number of likely N-dealkylation sites (N-methyl/N-ethyl adjacent to an activating group) is 1. The lowest BCUT2D eigenvalue weighted by Crippen LogP contribution is -2.29. The van der Waals surface area contributed by atoms with Crippen LogP contribution in [0.5, 0.6) is 0 Å². The number of aliphatic imine (C=N–C) groups is 1. The Bertz CT molecular complexity index is 283. The van der Waals surface area contributed by atoms with E-state index in [0.717, 1.165) is 24.6 Å². The van der Waals surface area contributed by atoms with Crippen molar-refractivity contribution in [1.82, 2.24) is 4.90 Å². The molecule has 1 heterocycles. The molecule has 64 valence electrons. The summed E-state index contributed by atoms with van der Waals surface area (Å²) in [5, 5.41) is 0. The highest BCUT2D eigenvalue weighted by molar-refractivity contribution is 5.94. The molecule has 0 spiro atoms. The van der Waals surface area contributed by atoms with Gasteiger partial charge in [-0.05, 0) is 26.5 Å². The molecule has 0 aromatic heterocycles. The molecule has 0 fully saturated rings. The van der Waals surface area contributed by atoms with Crippen LogP contribution in [0, 0.1) is 0 Å². The molecule has 2 heteroatoms. The summed E-state index contributed by atoms with van der Waals surface area (Å²) in [4.78, 5) is 6.55. The van der Waals surface area contributed by atoms with Crippen LogP contribution in [-0.4, -0.2) is 23.8 Å². The molecule has 1 rings (SSSR count). The Labute approximate surface area is 73.6 Å². The summed E-state index contributed by atoms with van der Waals surface area (Å²) in [6, 6.07) is 0. The number of allylic oxidation sites excluding steroid dienone is 1. The first-order valence-corrected chi connectivity index (χ1v) is 4.29. The van der Waals surface area contributed by atoms with Gasteiger partial charge < -0.3 is 4.90 Å². The van der Waals surface area contributed by atoms with Gasteiger partial charge in [-0.15, -0.1) is 0 Å². The fraction of sp³-hybridized carbons (Fsp3) is 0.500. The van der Waals surface area contributed by atoms with Crippen molar-refractivity contribution < 1.29 is 0 Å². The third kappa shape index (κ3) is 1.88. The van der Waals surface area contributed by atoms with Crippen molar-refractivity contribution in [1.29, 1.82) is 0 Å². The van der Waals surface area contributed by atoms with Gasteiger partial charge in [0.2, 0.25) is 0 Å². The van der Waals surface area contributed by atoms with Crippen LogP contribution in [0.4, 0.5) is 0 Å². The van der Waals surface area contributed by atoms with Gasteiger partial charge in [0.05, 0.1) is 5.70 Å². The van der Waals surface area contributed by atoms with Gasteiger partial charge in [0, 0.05) is 19.2 Å². The molecule has 0 amide bonds. The minimum Gasteiger partial charge on any atom is -0.357 e. The third-order valence-corrected chi connectivity index (χ3v) is 1.82. The normalized spacial score (nSPS) is 14.2. The van der Waals surface area contributed by atoms with Crippen molar-refractivity contribution in [2.24, 2.45) is 4.99 Å². The van der Waals surface area contributed by atoms with Gasteiger partial charge >= 0.3 is 0 Å². The molecule has 0 radical (unpaired) electrons.